The molecule has 21 heavy (non-hydrogen) atoms. The van der Waals surface area contributed by atoms with Gasteiger partial charge in [0.1, 0.15) is 5.69 Å². The molecule has 0 aliphatic heterocycles. The number of anilines is 1. The van der Waals surface area contributed by atoms with E-state index in [1.165, 1.54) is 11.8 Å². The molecule has 0 spiro atoms. The second kappa shape index (κ2) is 7.43. The number of unbranched alkanes of at least 4 members (excludes halogenated alkanes) is 1. The van der Waals surface area contributed by atoms with Gasteiger partial charge in [0.25, 0.3) is 5.91 Å². The third-order valence-corrected chi connectivity index (χ3v) is 3.40. The molecule has 0 bridgehead atoms. The minimum atomic E-state index is -0.0605. The average Bonchev–Trinajstić information content (AvgIpc) is 2.52. The maximum Gasteiger partial charge on any atom is 0.272 e. The summed E-state index contributed by atoms with van der Waals surface area (Å²) in [6.07, 6.45) is 4.60. The van der Waals surface area contributed by atoms with E-state index in [1.54, 1.807) is 17.0 Å². The highest BCUT2D eigenvalue weighted by molar-refractivity contribution is 5.92. The molecule has 0 saturated carbocycles. The lowest BCUT2D eigenvalue weighted by Gasteiger charge is -2.16. The summed E-state index contributed by atoms with van der Waals surface area (Å²) in [4.78, 5) is 17.9. The quantitative estimate of drug-likeness (QED) is 0.829. The number of aryl methyl sites for hydroxylation is 1. The van der Waals surface area contributed by atoms with Crippen molar-refractivity contribution in [2.45, 2.75) is 19.3 Å². The minimum Gasteiger partial charge on any atom is -0.397 e. The first kappa shape index (κ1) is 15.0. The van der Waals surface area contributed by atoms with Crippen LogP contribution in [-0.2, 0) is 6.42 Å². The summed E-state index contributed by atoms with van der Waals surface area (Å²) in [5.74, 6) is -0.0605. The summed E-state index contributed by atoms with van der Waals surface area (Å²) in [7, 11) is 1.81. The Bertz CT molecular complexity index is 566. The number of carbonyl (C=O) groups is 1. The van der Waals surface area contributed by atoms with E-state index in [9.17, 15) is 4.79 Å². The normalized spacial score (nSPS) is 10.3. The van der Waals surface area contributed by atoms with Crippen LogP contribution in [0.3, 0.4) is 0 Å². The van der Waals surface area contributed by atoms with Gasteiger partial charge in [0, 0.05) is 13.6 Å². The lowest BCUT2D eigenvalue weighted by molar-refractivity contribution is 0.0787. The topological polar surface area (TPSA) is 59.2 Å². The first-order valence-corrected chi connectivity index (χ1v) is 7.18. The molecule has 4 nitrogen and oxygen atoms in total. The zero-order valence-electron chi connectivity index (χ0n) is 12.3. The van der Waals surface area contributed by atoms with Gasteiger partial charge in [-0.1, -0.05) is 30.3 Å². The number of nitrogens with two attached hydrogens (primary N) is 1. The van der Waals surface area contributed by atoms with Gasteiger partial charge in [0.2, 0.25) is 0 Å². The lowest BCUT2D eigenvalue weighted by atomic mass is 10.1. The summed E-state index contributed by atoms with van der Waals surface area (Å²) in [5.41, 5.74) is 7.91. The van der Waals surface area contributed by atoms with E-state index in [1.807, 2.05) is 13.1 Å². The van der Waals surface area contributed by atoms with Crippen LogP contribution in [0.4, 0.5) is 5.69 Å². The Labute approximate surface area is 125 Å². The molecule has 0 saturated heterocycles. The number of nitrogens with zero attached hydrogens (tertiary/aromatic N) is 2. The molecule has 1 amide bonds. The summed E-state index contributed by atoms with van der Waals surface area (Å²) in [6.45, 7) is 0.734. The van der Waals surface area contributed by atoms with Crippen molar-refractivity contribution in [1.82, 2.24) is 9.88 Å². The van der Waals surface area contributed by atoms with E-state index in [0.717, 1.165) is 25.8 Å². The predicted octanol–water partition coefficient (Wildman–Crippen LogP) is 2.76. The number of hydrogen-bond acceptors (Lipinski definition) is 3. The third kappa shape index (κ3) is 4.60. The number of amides is 1. The molecule has 0 aliphatic rings. The second-order valence-corrected chi connectivity index (χ2v) is 5.15. The van der Waals surface area contributed by atoms with Crippen molar-refractivity contribution in [3.63, 3.8) is 0 Å². The molecule has 0 radical (unpaired) electrons. The zero-order valence-corrected chi connectivity index (χ0v) is 12.3. The van der Waals surface area contributed by atoms with E-state index in [4.69, 9.17) is 5.73 Å². The molecule has 0 fully saturated rings. The highest BCUT2D eigenvalue weighted by Crippen LogP contribution is 2.07. The van der Waals surface area contributed by atoms with E-state index in [0.29, 0.717) is 11.4 Å². The van der Waals surface area contributed by atoms with Crippen molar-refractivity contribution in [3.05, 3.63) is 59.9 Å². The van der Waals surface area contributed by atoms with Crippen LogP contribution < -0.4 is 5.73 Å². The summed E-state index contributed by atoms with van der Waals surface area (Å²) >= 11 is 0. The van der Waals surface area contributed by atoms with Crippen molar-refractivity contribution in [2.75, 3.05) is 19.3 Å². The van der Waals surface area contributed by atoms with E-state index >= 15 is 0 Å². The van der Waals surface area contributed by atoms with Crippen LogP contribution in [-0.4, -0.2) is 29.4 Å². The van der Waals surface area contributed by atoms with Crippen LogP contribution in [0.5, 0.6) is 0 Å². The second-order valence-electron chi connectivity index (χ2n) is 5.15. The number of hydrogen-bond donors (Lipinski definition) is 1. The van der Waals surface area contributed by atoms with Gasteiger partial charge >= 0.3 is 0 Å². The smallest absolute Gasteiger partial charge is 0.272 e. The molecule has 4 heteroatoms. The van der Waals surface area contributed by atoms with Gasteiger partial charge in [-0.05, 0) is 37.0 Å². The first-order valence-electron chi connectivity index (χ1n) is 7.18. The highest BCUT2D eigenvalue weighted by atomic mass is 16.2. The Hall–Kier alpha value is -2.36. The Balaban J connectivity index is 1.75. The molecular weight excluding hydrogens is 262 g/mol. The van der Waals surface area contributed by atoms with E-state index < -0.39 is 0 Å². The molecule has 1 aromatic heterocycles. The number of pyridine rings is 1. The molecule has 0 atom stereocenters. The Kier molecular flexibility index (Phi) is 5.32. The molecule has 0 unspecified atom stereocenters. The van der Waals surface area contributed by atoms with E-state index in [2.05, 4.69) is 29.2 Å². The highest BCUT2D eigenvalue weighted by Gasteiger charge is 2.12. The van der Waals surface area contributed by atoms with Gasteiger partial charge < -0.3 is 10.6 Å². The first-order chi connectivity index (χ1) is 10.2. The molecule has 2 rings (SSSR count). The molecule has 2 aromatic rings. The van der Waals surface area contributed by atoms with Crippen LogP contribution in [0.25, 0.3) is 0 Å². The fourth-order valence-electron chi connectivity index (χ4n) is 2.15. The van der Waals surface area contributed by atoms with Crippen LogP contribution in [0.2, 0.25) is 0 Å². The molecule has 1 heterocycles. The average molecular weight is 283 g/mol. The zero-order chi connectivity index (χ0) is 15.1. The fraction of sp³-hybridized carbons (Fsp3) is 0.294. The number of carbonyl (C=O) groups excluding carboxylic acids is 1. The number of rotatable bonds is 6. The number of aromatic nitrogens is 1. The molecule has 2 N–H and O–H groups in total. The maximum atomic E-state index is 12.1. The van der Waals surface area contributed by atoms with Gasteiger partial charge in [-0.15, -0.1) is 0 Å². The van der Waals surface area contributed by atoms with Crippen molar-refractivity contribution in [2.24, 2.45) is 0 Å². The number of nitrogen functional groups attached to an aromatic ring is 1. The summed E-state index contributed by atoms with van der Waals surface area (Å²) in [5, 5.41) is 0. The number of benzene rings is 1. The van der Waals surface area contributed by atoms with Crippen molar-refractivity contribution >= 4 is 11.6 Å². The van der Waals surface area contributed by atoms with Gasteiger partial charge in [-0.25, -0.2) is 4.98 Å². The molecule has 0 aliphatic carbocycles. The summed E-state index contributed by atoms with van der Waals surface area (Å²) in [6, 6.07) is 13.8. The Morgan fingerprint density at radius 2 is 1.90 bits per heavy atom. The summed E-state index contributed by atoms with van der Waals surface area (Å²) < 4.78 is 0. The van der Waals surface area contributed by atoms with Gasteiger partial charge in [0.15, 0.2) is 0 Å². The predicted molar refractivity (Wildman–Crippen MR) is 85.0 cm³/mol. The maximum absolute atomic E-state index is 12.1. The van der Waals surface area contributed by atoms with Crippen molar-refractivity contribution in [3.8, 4) is 0 Å². The van der Waals surface area contributed by atoms with Crippen molar-refractivity contribution < 1.29 is 4.79 Å². The van der Waals surface area contributed by atoms with Crippen LogP contribution >= 0.6 is 0 Å². The standard InChI is InChI=1S/C17H21N3O/c1-20(17(21)16-11-10-15(18)13-19-16)12-6-5-9-14-7-3-2-4-8-14/h2-4,7-8,10-11,13H,5-6,9,12,18H2,1H3. The van der Waals surface area contributed by atoms with E-state index in [-0.39, 0.29) is 5.91 Å². The largest absolute Gasteiger partial charge is 0.397 e. The van der Waals surface area contributed by atoms with Gasteiger partial charge in [-0.2, -0.15) is 0 Å². The SMILES string of the molecule is CN(CCCCc1ccccc1)C(=O)c1ccc(N)cn1. The minimum absolute atomic E-state index is 0.0605. The van der Waals surface area contributed by atoms with Crippen LogP contribution in [0.15, 0.2) is 48.7 Å². The fourth-order valence-corrected chi connectivity index (χ4v) is 2.15. The van der Waals surface area contributed by atoms with Crippen LogP contribution in [0.1, 0.15) is 28.9 Å². The monoisotopic (exact) mass is 283 g/mol. The lowest BCUT2D eigenvalue weighted by Crippen LogP contribution is -2.28. The van der Waals surface area contributed by atoms with Gasteiger partial charge in [-0.3, -0.25) is 4.79 Å². The molecule has 1 aromatic carbocycles. The third-order valence-electron chi connectivity index (χ3n) is 3.40. The molecule has 110 valence electrons. The molecular formula is C17H21N3O. The Morgan fingerprint density at radius 1 is 1.14 bits per heavy atom. The van der Waals surface area contributed by atoms with Gasteiger partial charge in [0.05, 0.1) is 11.9 Å². The Morgan fingerprint density at radius 3 is 2.57 bits per heavy atom. The van der Waals surface area contributed by atoms with Crippen molar-refractivity contribution in [1.29, 1.82) is 0 Å². The van der Waals surface area contributed by atoms with Crippen LogP contribution in [0, 0.1) is 0 Å².